The normalized spacial score (nSPS) is 25.3. The average Bonchev–Trinajstić information content (AvgIpc) is 3.30. The summed E-state index contributed by atoms with van der Waals surface area (Å²) in [6.45, 7) is 0. The highest BCUT2D eigenvalue weighted by molar-refractivity contribution is 6.33. The minimum Gasteiger partial charge on any atom is -0.388 e. The number of nitrogens with zero attached hydrogens (tertiary/aromatic N) is 4. The van der Waals surface area contributed by atoms with Crippen LogP contribution in [0.2, 0.25) is 5.02 Å². The van der Waals surface area contributed by atoms with Crippen LogP contribution in [0.25, 0.3) is 21.9 Å². The number of nitrogen functional groups attached to an aromatic ring is 2. The zero-order chi connectivity index (χ0) is 23.5. The van der Waals surface area contributed by atoms with Gasteiger partial charge in [0.05, 0.1) is 22.0 Å². The Kier molecular flexibility index (Phi) is 5.11. The summed E-state index contributed by atoms with van der Waals surface area (Å²) in [7, 11) is 0. The fraction of sp³-hybridized carbons (Fsp3) is 0.318. The molecular weight excluding hydrogens is 454 g/mol. The first-order valence-electron chi connectivity index (χ1n) is 10.3. The minimum atomic E-state index is -2.10. The molecule has 0 amide bonds. The highest BCUT2D eigenvalue weighted by Gasteiger charge is 2.54. The number of pyridine rings is 1. The van der Waals surface area contributed by atoms with Gasteiger partial charge < -0.3 is 26.2 Å². The molecule has 1 aromatic carbocycles. The van der Waals surface area contributed by atoms with Crippen molar-refractivity contribution < 1.29 is 19.0 Å². The second-order valence-corrected chi connectivity index (χ2v) is 8.87. The summed E-state index contributed by atoms with van der Waals surface area (Å²) in [6.07, 6.45) is -0.230. The van der Waals surface area contributed by atoms with E-state index < -0.39 is 29.7 Å². The van der Waals surface area contributed by atoms with E-state index in [1.807, 2.05) is 0 Å². The molecule has 3 heterocycles. The Morgan fingerprint density at radius 3 is 2.73 bits per heavy atom. The average molecular weight is 475 g/mol. The molecule has 0 radical (unpaired) electrons. The lowest BCUT2D eigenvalue weighted by atomic mass is 9.92. The van der Waals surface area contributed by atoms with Gasteiger partial charge in [-0.3, -0.25) is 0 Å². The first-order valence-corrected chi connectivity index (χ1v) is 10.7. The minimum absolute atomic E-state index is 0.0725. The fourth-order valence-corrected chi connectivity index (χ4v) is 4.80. The molecule has 0 unspecified atom stereocenters. The van der Waals surface area contributed by atoms with Gasteiger partial charge in [-0.2, -0.15) is 0 Å². The first kappa shape index (κ1) is 21.7. The van der Waals surface area contributed by atoms with Crippen LogP contribution in [0.15, 0.2) is 36.8 Å². The number of hydrogen-bond acceptors (Lipinski definition) is 7. The standard InChI is InChI=1S/C22H21ClF2N6O2/c23-13-7-12-14(24)5-10(6-15(12)30-20(13)27)1-3-22(25)8-16(17(32)18(22)33)31-4-2-11-19(26)28-9-29-21(11)31/h2,4-7,9,16-18,32-33H,1,3,8H2,(H2,27,30)(H2,26,28,29)/t16-,17+,18+,22-/m1/s1. The summed E-state index contributed by atoms with van der Waals surface area (Å²) in [6, 6.07) is 5.23. The molecular formula is C22H21ClF2N6O2. The molecule has 11 heteroatoms. The van der Waals surface area contributed by atoms with Gasteiger partial charge in [0.2, 0.25) is 0 Å². The number of fused-ring (bicyclic) bond motifs is 2. The number of aliphatic hydroxyl groups excluding tert-OH is 2. The molecule has 0 bridgehead atoms. The Morgan fingerprint density at radius 2 is 1.94 bits per heavy atom. The fourth-order valence-electron chi connectivity index (χ4n) is 4.65. The molecule has 5 rings (SSSR count). The summed E-state index contributed by atoms with van der Waals surface area (Å²) in [5.41, 5.74) is 10.7. The van der Waals surface area contributed by atoms with Gasteiger partial charge in [-0.1, -0.05) is 11.6 Å². The molecule has 0 saturated heterocycles. The highest BCUT2D eigenvalue weighted by Crippen LogP contribution is 2.45. The third kappa shape index (κ3) is 3.54. The molecule has 172 valence electrons. The SMILES string of the molecule is Nc1nc2cc(CC[C@@]3(F)C[C@@H](n4ccc5c(N)ncnc54)[C@H](O)[C@@H]3O)cc(F)c2cc1Cl. The number of aliphatic hydroxyl groups is 2. The van der Waals surface area contributed by atoms with Gasteiger partial charge in [-0.05, 0) is 42.7 Å². The topological polar surface area (TPSA) is 136 Å². The summed E-state index contributed by atoms with van der Waals surface area (Å²) in [5, 5.41) is 22.2. The van der Waals surface area contributed by atoms with E-state index in [0.29, 0.717) is 22.1 Å². The van der Waals surface area contributed by atoms with Gasteiger partial charge in [0, 0.05) is 18.0 Å². The van der Waals surface area contributed by atoms with E-state index in [-0.39, 0.29) is 41.3 Å². The van der Waals surface area contributed by atoms with Crippen LogP contribution in [-0.2, 0) is 6.42 Å². The van der Waals surface area contributed by atoms with Crippen molar-refractivity contribution in [1.82, 2.24) is 19.5 Å². The predicted molar refractivity (Wildman–Crippen MR) is 121 cm³/mol. The van der Waals surface area contributed by atoms with E-state index in [1.54, 1.807) is 22.9 Å². The maximum absolute atomic E-state index is 15.9. The number of rotatable bonds is 4. The number of aryl methyl sites for hydroxylation is 1. The molecule has 4 aromatic rings. The van der Waals surface area contributed by atoms with Gasteiger partial charge >= 0.3 is 0 Å². The Morgan fingerprint density at radius 1 is 1.15 bits per heavy atom. The Labute approximate surface area is 191 Å². The quantitative estimate of drug-likeness (QED) is 0.357. The third-order valence-electron chi connectivity index (χ3n) is 6.45. The second-order valence-electron chi connectivity index (χ2n) is 8.46. The van der Waals surface area contributed by atoms with E-state index in [9.17, 15) is 14.6 Å². The van der Waals surface area contributed by atoms with Gasteiger partial charge in [-0.25, -0.2) is 23.7 Å². The van der Waals surface area contributed by atoms with Gasteiger partial charge in [0.25, 0.3) is 0 Å². The number of hydrogen-bond donors (Lipinski definition) is 4. The molecule has 3 aromatic heterocycles. The van der Waals surface area contributed by atoms with Crippen molar-refractivity contribution in [2.75, 3.05) is 11.5 Å². The summed E-state index contributed by atoms with van der Waals surface area (Å²) >= 11 is 5.92. The molecule has 4 atom stereocenters. The van der Waals surface area contributed by atoms with Crippen LogP contribution in [0, 0.1) is 5.82 Å². The second kappa shape index (κ2) is 7.75. The molecule has 0 spiro atoms. The predicted octanol–water partition coefficient (Wildman–Crippen LogP) is 2.94. The van der Waals surface area contributed by atoms with Gasteiger partial charge in [0.15, 0.2) is 0 Å². The Balaban J connectivity index is 1.40. The van der Waals surface area contributed by atoms with Crippen molar-refractivity contribution in [1.29, 1.82) is 0 Å². The van der Waals surface area contributed by atoms with Crippen LogP contribution in [0.5, 0.6) is 0 Å². The van der Waals surface area contributed by atoms with Gasteiger partial charge in [-0.15, -0.1) is 0 Å². The molecule has 8 nitrogen and oxygen atoms in total. The molecule has 1 aliphatic rings. The van der Waals surface area contributed by atoms with Crippen molar-refractivity contribution in [2.45, 2.75) is 43.2 Å². The molecule has 0 aliphatic heterocycles. The van der Waals surface area contributed by atoms with Crippen molar-refractivity contribution >= 4 is 45.2 Å². The number of alkyl halides is 1. The maximum Gasteiger partial charge on any atom is 0.145 e. The summed E-state index contributed by atoms with van der Waals surface area (Å²) in [5.74, 6) is -0.207. The van der Waals surface area contributed by atoms with Crippen molar-refractivity contribution in [2.24, 2.45) is 0 Å². The molecule has 1 aliphatic carbocycles. The van der Waals surface area contributed by atoms with Crippen LogP contribution < -0.4 is 11.5 Å². The van der Waals surface area contributed by atoms with E-state index in [1.165, 1.54) is 18.5 Å². The lowest BCUT2D eigenvalue weighted by Gasteiger charge is -2.24. The molecule has 1 saturated carbocycles. The highest BCUT2D eigenvalue weighted by atomic mass is 35.5. The number of halogens is 3. The monoisotopic (exact) mass is 474 g/mol. The lowest BCUT2D eigenvalue weighted by Crippen LogP contribution is -2.39. The maximum atomic E-state index is 15.9. The van der Waals surface area contributed by atoms with Crippen LogP contribution in [0.3, 0.4) is 0 Å². The van der Waals surface area contributed by atoms with E-state index in [0.717, 1.165) is 0 Å². The molecule has 6 N–H and O–H groups in total. The van der Waals surface area contributed by atoms with Crippen LogP contribution in [0.4, 0.5) is 20.4 Å². The smallest absolute Gasteiger partial charge is 0.145 e. The number of benzene rings is 1. The largest absolute Gasteiger partial charge is 0.388 e. The Hall–Kier alpha value is -3.08. The molecule has 1 fully saturated rings. The first-order chi connectivity index (χ1) is 15.7. The van der Waals surface area contributed by atoms with Gasteiger partial charge in [0.1, 0.15) is 47.3 Å². The zero-order valence-corrected chi connectivity index (χ0v) is 18.0. The zero-order valence-electron chi connectivity index (χ0n) is 17.3. The van der Waals surface area contributed by atoms with E-state index in [2.05, 4.69) is 15.0 Å². The van der Waals surface area contributed by atoms with Crippen molar-refractivity contribution in [3.63, 3.8) is 0 Å². The number of aromatic nitrogens is 4. The van der Waals surface area contributed by atoms with E-state index in [4.69, 9.17) is 23.1 Å². The third-order valence-corrected chi connectivity index (χ3v) is 6.75. The summed E-state index contributed by atoms with van der Waals surface area (Å²) < 4.78 is 32.0. The van der Waals surface area contributed by atoms with Crippen molar-refractivity contribution in [3.8, 4) is 0 Å². The van der Waals surface area contributed by atoms with Crippen LogP contribution >= 0.6 is 11.6 Å². The van der Waals surface area contributed by atoms with Crippen molar-refractivity contribution in [3.05, 3.63) is 53.2 Å². The number of nitrogens with two attached hydrogens (primary N) is 2. The number of anilines is 2. The summed E-state index contributed by atoms with van der Waals surface area (Å²) in [4.78, 5) is 12.2. The Bertz CT molecular complexity index is 1380. The van der Waals surface area contributed by atoms with Crippen LogP contribution in [-0.4, -0.2) is 47.6 Å². The molecule has 33 heavy (non-hydrogen) atoms. The van der Waals surface area contributed by atoms with E-state index >= 15 is 4.39 Å². The van der Waals surface area contributed by atoms with Crippen LogP contribution in [0.1, 0.15) is 24.4 Å². The lowest BCUT2D eigenvalue weighted by molar-refractivity contribution is -0.0465.